The number of aliphatic hydroxyl groups is 1. The molecule has 0 aromatic heterocycles. The standard InChI is InChI=1S/C14H20N2O2/c1-16-12(7-8-13(16)17)14(18)15-10-9-11-5-3-2-4-6-11/h2-6,12-13,17H,7-10H2,1H3,(H,15,18)/t12-,13?/m0/s1. The van der Waals surface area contributed by atoms with Crippen LogP contribution >= 0.6 is 0 Å². The minimum absolute atomic E-state index is 0.0185. The van der Waals surface area contributed by atoms with Crippen molar-refractivity contribution in [1.82, 2.24) is 10.2 Å². The fraction of sp³-hybridized carbons (Fsp3) is 0.500. The van der Waals surface area contributed by atoms with Crippen LogP contribution in [0.25, 0.3) is 0 Å². The van der Waals surface area contributed by atoms with Crippen LogP contribution in [0.2, 0.25) is 0 Å². The van der Waals surface area contributed by atoms with Gasteiger partial charge in [0.05, 0.1) is 6.04 Å². The molecule has 0 radical (unpaired) electrons. The highest BCUT2D eigenvalue weighted by molar-refractivity contribution is 5.82. The predicted octanol–water partition coefficient (Wildman–Crippen LogP) is 0.758. The molecule has 2 N–H and O–H groups in total. The molecule has 0 bridgehead atoms. The van der Waals surface area contributed by atoms with Crippen molar-refractivity contribution >= 4 is 5.91 Å². The van der Waals surface area contributed by atoms with Crippen LogP contribution in [0.3, 0.4) is 0 Å². The molecule has 4 nitrogen and oxygen atoms in total. The number of nitrogens with one attached hydrogen (secondary N) is 1. The highest BCUT2D eigenvalue weighted by Crippen LogP contribution is 2.20. The highest BCUT2D eigenvalue weighted by atomic mass is 16.3. The van der Waals surface area contributed by atoms with Gasteiger partial charge in [-0.15, -0.1) is 0 Å². The van der Waals surface area contributed by atoms with Gasteiger partial charge in [0.2, 0.25) is 5.91 Å². The minimum Gasteiger partial charge on any atom is -0.378 e. The van der Waals surface area contributed by atoms with Gasteiger partial charge in [-0.25, -0.2) is 0 Å². The fourth-order valence-corrected chi connectivity index (χ4v) is 2.33. The summed E-state index contributed by atoms with van der Waals surface area (Å²) in [4.78, 5) is 13.7. The molecule has 1 aliphatic heterocycles. The van der Waals surface area contributed by atoms with Crippen LogP contribution in [-0.2, 0) is 11.2 Å². The molecule has 0 saturated carbocycles. The molecular weight excluding hydrogens is 228 g/mol. The Labute approximate surface area is 108 Å². The van der Waals surface area contributed by atoms with Crippen LogP contribution < -0.4 is 5.32 Å². The molecule has 1 amide bonds. The molecule has 1 unspecified atom stereocenters. The summed E-state index contributed by atoms with van der Waals surface area (Å²) in [6, 6.07) is 9.90. The summed E-state index contributed by atoms with van der Waals surface area (Å²) >= 11 is 0. The molecular formula is C14H20N2O2. The van der Waals surface area contributed by atoms with Crippen LogP contribution in [0.15, 0.2) is 30.3 Å². The highest BCUT2D eigenvalue weighted by Gasteiger charge is 2.33. The SMILES string of the molecule is CN1C(O)CC[C@H]1C(=O)NCCc1ccccc1. The first-order valence-corrected chi connectivity index (χ1v) is 6.40. The zero-order valence-corrected chi connectivity index (χ0v) is 10.7. The Kier molecular flexibility index (Phi) is 4.33. The summed E-state index contributed by atoms with van der Waals surface area (Å²) in [6.07, 6.45) is 1.77. The van der Waals surface area contributed by atoms with Crippen molar-refractivity contribution in [1.29, 1.82) is 0 Å². The van der Waals surface area contributed by atoms with Gasteiger partial charge >= 0.3 is 0 Å². The normalized spacial score (nSPS) is 24.1. The lowest BCUT2D eigenvalue weighted by Crippen LogP contribution is -2.44. The minimum atomic E-state index is -0.477. The zero-order chi connectivity index (χ0) is 13.0. The third-order valence-electron chi connectivity index (χ3n) is 3.52. The molecule has 1 aromatic carbocycles. The number of nitrogens with zero attached hydrogens (tertiary/aromatic N) is 1. The summed E-state index contributed by atoms with van der Waals surface area (Å²) in [5.74, 6) is 0.0185. The molecule has 4 heteroatoms. The van der Waals surface area contributed by atoms with Crippen molar-refractivity contribution in [3.8, 4) is 0 Å². The van der Waals surface area contributed by atoms with Gasteiger partial charge in [-0.05, 0) is 31.9 Å². The monoisotopic (exact) mass is 248 g/mol. The van der Waals surface area contributed by atoms with Gasteiger partial charge in [0.15, 0.2) is 0 Å². The Morgan fingerprint density at radius 1 is 1.39 bits per heavy atom. The number of hydrogen-bond donors (Lipinski definition) is 2. The van der Waals surface area contributed by atoms with E-state index >= 15 is 0 Å². The molecule has 2 atom stereocenters. The molecule has 1 fully saturated rings. The van der Waals surface area contributed by atoms with E-state index in [4.69, 9.17) is 0 Å². The zero-order valence-electron chi connectivity index (χ0n) is 10.7. The number of aliphatic hydroxyl groups excluding tert-OH is 1. The molecule has 2 rings (SSSR count). The van der Waals surface area contributed by atoms with Gasteiger partial charge in [0.25, 0.3) is 0 Å². The number of carbonyl (C=O) groups is 1. The van der Waals surface area contributed by atoms with E-state index in [-0.39, 0.29) is 11.9 Å². The third-order valence-corrected chi connectivity index (χ3v) is 3.52. The lowest BCUT2D eigenvalue weighted by atomic mass is 10.1. The summed E-state index contributed by atoms with van der Waals surface area (Å²) < 4.78 is 0. The van der Waals surface area contributed by atoms with E-state index in [1.165, 1.54) is 5.56 Å². The quantitative estimate of drug-likeness (QED) is 0.827. The number of carbonyl (C=O) groups excluding carboxylic acids is 1. The maximum absolute atomic E-state index is 11.9. The molecule has 0 spiro atoms. The number of benzene rings is 1. The van der Waals surface area contributed by atoms with Crippen molar-refractivity contribution in [2.24, 2.45) is 0 Å². The number of likely N-dealkylation sites (N-methyl/N-ethyl adjacent to an activating group) is 1. The van der Waals surface area contributed by atoms with Gasteiger partial charge < -0.3 is 10.4 Å². The lowest BCUT2D eigenvalue weighted by Gasteiger charge is -2.21. The Balaban J connectivity index is 1.76. The van der Waals surface area contributed by atoms with Crippen molar-refractivity contribution in [3.05, 3.63) is 35.9 Å². The Bertz CT molecular complexity index is 394. The largest absolute Gasteiger partial charge is 0.378 e. The van der Waals surface area contributed by atoms with E-state index in [9.17, 15) is 9.90 Å². The fourth-order valence-electron chi connectivity index (χ4n) is 2.33. The number of amides is 1. The summed E-state index contributed by atoms with van der Waals surface area (Å²) in [5.41, 5.74) is 1.22. The van der Waals surface area contributed by atoms with E-state index in [2.05, 4.69) is 17.4 Å². The van der Waals surface area contributed by atoms with E-state index in [1.807, 2.05) is 18.2 Å². The third kappa shape index (κ3) is 3.09. The Hall–Kier alpha value is -1.39. The van der Waals surface area contributed by atoms with Gasteiger partial charge in [-0.1, -0.05) is 30.3 Å². The molecule has 18 heavy (non-hydrogen) atoms. The predicted molar refractivity (Wildman–Crippen MR) is 69.9 cm³/mol. The topological polar surface area (TPSA) is 52.6 Å². The van der Waals surface area contributed by atoms with Crippen molar-refractivity contribution < 1.29 is 9.90 Å². The van der Waals surface area contributed by atoms with Crippen LogP contribution in [0.4, 0.5) is 0 Å². The Morgan fingerprint density at radius 3 is 2.72 bits per heavy atom. The maximum atomic E-state index is 11.9. The van der Waals surface area contributed by atoms with E-state index < -0.39 is 6.23 Å². The van der Waals surface area contributed by atoms with Crippen molar-refractivity contribution in [2.45, 2.75) is 31.5 Å². The van der Waals surface area contributed by atoms with Crippen molar-refractivity contribution in [3.63, 3.8) is 0 Å². The van der Waals surface area contributed by atoms with E-state index in [0.717, 1.165) is 12.8 Å². The lowest BCUT2D eigenvalue weighted by molar-refractivity contribution is -0.126. The second kappa shape index (κ2) is 5.98. The summed E-state index contributed by atoms with van der Waals surface area (Å²) in [6.45, 7) is 0.642. The number of rotatable bonds is 4. The molecule has 1 heterocycles. The molecule has 98 valence electrons. The molecule has 1 aliphatic rings. The van der Waals surface area contributed by atoms with E-state index in [0.29, 0.717) is 13.0 Å². The van der Waals surface area contributed by atoms with Crippen molar-refractivity contribution in [2.75, 3.05) is 13.6 Å². The van der Waals surface area contributed by atoms with Crippen LogP contribution in [0.5, 0.6) is 0 Å². The average Bonchev–Trinajstić information content (AvgIpc) is 2.71. The summed E-state index contributed by atoms with van der Waals surface area (Å²) in [5, 5.41) is 12.5. The van der Waals surface area contributed by atoms with Crippen LogP contribution in [-0.4, -0.2) is 41.8 Å². The number of hydrogen-bond acceptors (Lipinski definition) is 3. The van der Waals surface area contributed by atoms with Gasteiger partial charge in [0.1, 0.15) is 6.23 Å². The van der Waals surface area contributed by atoms with Gasteiger partial charge in [-0.3, -0.25) is 9.69 Å². The molecule has 0 aliphatic carbocycles. The second-order valence-corrected chi connectivity index (χ2v) is 4.77. The summed E-state index contributed by atoms with van der Waals surface area (Å²) in [7, 11) is 1.79. The van der Waals surface area contributed by atoms with Crippen LogP contribution in [0.1, 0.15) is 18.4 Å². The first-order valence-electron chi connectivity index (χ1n) is 6.40. The smallest absolute Gasteiger partial charge is 0.237 e. The second-order valence-electron chi connectivity index (χ2n) is 4.77. The maximum Gasteiger partial charge on any atom is 0.237 e. The average molecular weight is 248 g/mol. The molecule has 1 aromatic rings. The van der Waals surface area contributed by atoms with E-state index in [1.54, 1.807) is 11.9 Å². The number of likely N-dealkylation sites (tertiary alicyclic amines) is 1. The van der Waals surface area contributed by atoms with Gasteiger partial charge in [0, 0.05) is 6.54 Å². The molecule has 1 saturated heterocycles. The first-order chi connectivity index (χ1) is 8.68. The van der Waals surface area contributed by atoms with Gasteiger partial charge in [-0.2, -0.15) is 0 Å². The van der Waals surface area contributed by atoms with Crippen LogP contribution in [0, 0.1) is 0 Å². The Morgan fingerprint density at radius 2 is 2.11 bits per heavy atom. The first kappa shape index (κ1) is 13.1.